The van der Waals surface area contributed by atoms with Crippen LogP contribution in [0.4, 0.5) is 0 Å². The van der Waals surface area contributed by atoms with E-state index in [0.717, 1.165) is 60.5 Å². The summed E-state index contributed by atoms with van der Waals surface area (Å²) in [5.41, 5.74) is 6.76. The highest BCUT2D eigenvalue weighted by Gasteiger charge is 2.17. The van der Waals surface area contributed by atoms with Crippen molar-refractivity contribution in [2.45, 2.75) is 0 Å². The highest BCUT2D eigenvalue weighted by Crippen LogP contribution is 2.38. The van der Waals surface area contributed by atoms with Crippen molar-refractivity contribution in [1.29, 1.82) is 0 Å². The molecule has 0 atom stereocenters. The second-order valence-electron chi connectivity index (χ2n) is 10.1. The SMILES string of the molecule is c1ccc(-c2nc(-c3ccc4c(c3)oc3cccc(-c5ccccc5)c34)nc(-c3cccc4ccccc34)n2)cc1. The van der Waals surface area contributed by atoms with E-state index in [0.29, 0.717) is 17.5 Å². The first-order chi connectivity index (χ1) is 20.3. The molecule has 0 bridgehead atoms. The number of hydrogen-bond acceptors (Lipinski definition) is 4. The van der Waals surface area contributed by atoms with Gasteiger partial charge in [0.05, 0.1) is 0 Å². The monoisotopic (exact) mass is 525 g/mol. The fourth-order valence-electron chi connectivity index (χ4n) is 5.59. The van der Waals surface area contributed by atoms with Crippen LogP contribution in [0.2, 0.25) is 0 Å². The Hall–Kier alpha value is -5.61. The number of aromatic nitrogens is 3. The summed E-state index contributed by atoms with van der Waals surface area (Å²) in [6, 6.07) is 47.5. The van der Waals surface area contributed by atoms with Crippen LogP contribution in [-0.4, -0.2) is 15.0 Å². The third-order valence-electron chi connectivity index (χ3n) is 7.54. The molecular formula is C37H23N3O. The minimum atomic E-state index is 0.604. The zero-order valence-corrected chi connectivity index (χ0v) is 22.0. The lowest BCUT2D eigenvalue weighted by Gasteiger charge is -2.10. The van der Waals surface area contributed by atoms with Gasteiger partial charge in [0.1, 0.15) is 11.2 Å². The lowest BCUT2D eigenvalue weighted by molar-refractivity contribution is 0.669. The van der Waals surface area contributed by atoms with Gasteiger partial charge in [-0.25, -0.2) is 15.0 Å². The predicted octanol–water partition coefficient (Wildman–Crippen LogP) is 9.59. The number of nitrogens with zero attached hydrogens (tertiary/aromatic N) is 3. The largest absolute Gasteiger partial charge is 0.456 e. The highest BCUT2D eigenvalue weighted by molar-refractivity contribution is 6.13. The third-order valence-corrected chi connectivity index (χ3v) is 7.54. The maximum absolute atomic E-state index is 6.39. The number of rotatable bonds is 4. The van der Waals surface area contributed by atoms with E-state index >= 15 is 0 Å². The Morgan fingerprint density at radius 2 is 1.02 bits per heavy atom. The van der Waals surface area contributed by atoms with Gasteiger partial charge in [-0.3, -0.25) is 0 Å². The average Bonchev–Trinajstić information content (AvgIpc) is 3.43. The molecule has 8 rings (SSSR count). The van der Waals surface area contributed by atoms with E-state index in [9.17, 15) is 0 Å². The summed E-state index contributed by atoms with van der Waals surface area (Å²) in [7, 11) is 0. The normalized spacial score (nSPS) is 11.4. The van der Waals surface area contributed by atoms with Crippen LogP contribution >= 0.6 is 0 Å². The number of benzene rings is 6. The summed E-state index contributed by atoms with van der Waals surface area (Å²) in [4.78, 5) is 14.9. The van der Waals surface area contributed by atoms with Gasteiger partial charge < -0.3 is 4.42 Å². The zero-order chi connectivity index (χ0) is 27.2. The zero-order valence-electron chi connectivity index (χ0n) is 22.0. The molecule has 0 saturated carbocycles. The minimum absolute atomic E-state index is 0.604. The van der Waals surface area contributed by atoms with E-state index < -0.39 is 0 Å². The Morgan fingerprint density at radius 1 is 0.390 bits per heavy atom. The van der Waals surface area contributed by atoms with Gasteiger partial charge >= 0.3 is 0 Å². The second kappa shape index (κ2) is 9.54. The molecular weight excluding hydrogens is 502 g/mol. The van der Waals surface area contributed by atoms with E-state index in [1.165, 1.54) is 0 Å². The Balaban J connectivity index is 1.33. The van der Waals surface area contributed by atoms with Crippen LogP contribution in [0.25, 0.3) is 78.0 Å². The van der Waals surface area contributed by atoms with Crippen molar-refractivity contribution in [3.8, 4) is 45.3 Å². The molecule has 0 N–H and O–H groups in total. The molecule has 0 aliphatic carbocycles. The molecule has 192 valence electrons. The van der Waals surface area contributed by atoms with Crippen LogP contribution in [0, 0.1) is 0 Å². The van der Waals surface area contributed by atoms with Gasteiger partial charge in [-0.1, -0.05) is 121 Å². The first-order valence-electron chi connectivity index (χ1n) is 13.6. The van der Waals surface area contributed by atoms with Gasteiger partial charge in [-0.15, -0.1) is 0 Å². The Morgan fingerprint density at radius 3 is 1.85 bits per heavy atom. The number of hydrogen-bond donors (Lipinski definition) is 0. The van der Waals surface area contributed by atoms with Gasteiger partial charge in [0.25, 0.3) is 0 Å². The first kappa shape index (κ1) is 23.3. The molecule has 0 spiro atoms. The first-order valence-corrected chi connectivity index (χ1v) is 13.6. The summed E-state index contributed by atoms with van der Waals surface area (Å²) in [5, 5.41) is 4.42. The quantitative estimate of drug-likeness (QED) is 0.230. The Bertz CT molecular complexity index is 2200. The molecule has 0 aliphatic heterocycles. The molecule has 0 saturated heterocycles. The van der Waals surface area contributed by atoms with E-state index in [1.807, 2.05) is 72.8 Å². The van der Waals surface area contributed by atoms with Crippen molar-refractivity contribution in [1.82, 2.24) is 15.0 Å². The van der Waals surface area contributed by atoms with Crippen molar-refractivity contribution in [3.63, 3.8) is 0 Å². The maximum atomic E-state index is 6.39. The van der Waals surface area contributed by atoms with Crippen molar-refractivity contribution >= 4 is 32.7 Å². The van der Waals surface area contributed by atoms with Crippen LogP contribution < -0.4 is 0 Å². The van der Waals surface area contributed by atoms with Crippen molar-refractivity contribution < 1.29 is 4.42 Å². The lowest BCUT2D eigenvalue weighted by atomic mass is 9.99. The summed E-state index contributed by atoms with van der Waals surface area (Å²) in [6.45, 7) is 0. The molecule has 0 aliphatic rings. The lowest BCUT2D eigenvalue weighted by Crippen LogP contribution is -2.00. The fraction of sp³-hybridized carbons (Fsp3) is 0. The molecule has 8 aromatic rings. The van der Waals surface area contributed by atoms with Crippen LogP contribution in [0.3, 0.4) is 0 Å². The molecule has 2 aromatic heterocycles. The summed E-state index contributed by atoms with van der Waals surface area (Å²) < 4.78 is 6.39. The van der Waals surface area contributed by atoms with Gasteiger partial charge in [0, 0.05) is 27.5 Å². The molecule has 0 radical (unpaired) electrons. The summed E-state index contributed by atoms with van der Waals surface area (Å²) in [6.07, 6.45) is 0. The molecule has 0 unspecified atom stereocenters. The van der Waals surface area contributed by atoms with Gasteiger partial charge in [-0.2, -0.15) is 0 Å². The standard InChI is InChI=1S/C37H23N3O/c1-3-11-25(12-4-1)29-18-10-20-32-34(29)31-22-21-27(23-33(31)41-32)36-38-35(26-14-5-2-6-15-26)39-37(40-36)30-19-9-16-24-13-7-8-17-28(24)30/h1-23H. The fourth-order valence-corrected chi connectivity index (χ4v) is 5.59. The predicted molar refractivity (Wildman–Crippen MR) is 166 cm³/mol. The van der Waals surface area contributed by atoms with E-state index in [1.54, 1.807) is 0 Å². The average molecular weight is 526 g/mol. The van der Waals surface area contributed by atoms with Gasteiger partial charge in [-0.05, 0) is 40.1 Å². The van der Waals surface area contributed by atoms with Crippen molar-refractivity contribution in [3.05, 3.63) is 140 Å². The molecule has 0 amide bonds. The highest BCUT2D eigenvalue weighted by atomic mass is 16.3. The third kappa shape index (κ3) is 4.05. The number of fused-ring (bicyclic) bond motifs is 4. The van der Waals surface area contributed by atoms with Crippen molar-refractivity contribution in [2.75, 3.05) is 0 Å². The van der Waals surface area contributed by atoms with Gasteiger partial charge in [0.2, 0.25) is 0 Å². The van der Waals surface area contributed by atoms with Crippen LogP contribution in [-0.2, 0) is 0 Å². The molecule has 0 fully saturated rings. The molecule has 41 heavy (non-hydrogen) atoms. The van der Waals surface area contributed by atoms with Gasteiger partial charge in [0.15, 0.2) is 17.5 Å². The summed E-state index contributed by atoms with van der Waals surface area (Å²) >= 11 is 0. The minimum Gasteiger partial charge on any atom is -0.456 e. The Kier molecular flexibility index (Phi) is 5.42. The number of furan rings is 1. The van der Waals surface area contributed by atoms with E-state index in [4.69, 9.17) is 19.4 Å². The maximum Gasteiger partial charge on any atom is 0.164 e. The van der Waals surface area contributed by atoms with E-state index in [-0.39, 0.29) is 0 Å². The molecule has 4 heteroatoms. The summed E-state index contributed by atoms with van der Waals surface area (Å²) in [5.74, 6) is 1.88. The Labute approximate surface area is 236 Å². The van der Waals surface area contributed by atoms with Crippen LogP contribution in [0.15, 0.2) is 144 Å². The second-order valence-corrected chi connectivity index (χ2v) is 10.1. The topological polar surface area (TPSA) is 51.8 Å². The smallest absolute Gasteiger partial charge is 0.164 e. The van der Waals surface area contributed by atoms with Crippen LogP contribution in [0.1, 0.15) is 0 Å². The van der Waals surface area contributed by atoms with E-state index in [2.05, 4.69) is 66.7 Å². The molecule has 4 nitrogen and oxygen atoms in total. The molecule has 2 heterocycles. The molecule has 6 aromatic carbocycles. The van der Waals surface area contributed by atoms with Crippen LogP contribution in [0.5, 0.6) is 0 Å². The van der Waals surface area contributed by atoms with Crippen molar-refractivity contribution in [2.24, 2.45) is 0 Å².